The molecule has 0 radical (unpaired) electrons. The molecule has 6 heteroatoms. The lowest BCUT2D eigenvalue weighted by Crippen LogP contribution is -2.51. The molecule has 19 heavy (non-hydrogen) atoms. The maximum absolute atomic E-state index is 11.9. The van der Waals surface area contributed by atoms with Crippen LogP contribution in [0.1, 0.15) is 33.1 Å². The largest absolute Gasteiger partial charge is 0.481 e. The van der Waals surface area contributed by atoms with E-state index in [9.17, 15) is 9.59 Å². The molecule has 2 N–H and O–H groups in total. The number of nitrogens with one attached hydrogen (secondary N) is 1. The molecule has 1 heterocycles. The van der Waals surface area contributed by atoms with Gasteiger partial charge < -0.3 is 15.2 Å². The number of aliphatic carboxylic acids is 1. The van der Waals surface area contributed by atoms with Crippen molar-refractivity contribution in [3.63, 3.8) is 0 Å². The molecule has 6 nitrogen and oxygen atoms in total. The third-order valence-electron chi connectivity index (χ3n) is 3.46. The van der Waals surface area contributed by atoms with E-state index in [0.717, 1.165) is 12.8 Å². The average molecular weight is 272 g/mol. The Bertz CT molecular complexity index is 305. The zero-order chi connectivity index (χ0) is 14.3. The number of morpholine rings is 1. The summed E-state index contributed by atoms with van der Waals surface area (Å²) in [4.78, 5) is 24.6. The second-order valence-corrected chi connectivity index (χ2v) is 4.88. The predicted octanol–water partition coefficient (Wildman–Crippen LogP) is 0.467. The van der Waals surface area contributed by atoms with E-state index >= 15 is 0 Å². The Balaban J connectivity index is 2.47. The van der Waals surface area contributed by atoms with Crippen molar-refractivity contribution in [2.24, 2.45) is 0 Å². The zero-order valence-electron chi connectivity index (χ0n) is 11.7. The van der Waals surface area contributed by atoms with Crippen LogP contribution in [0.5, 0.6) is 0 Å². The van der Waals surface area contributed by atoms with Crippen molar-refractivity contribution in [1.29, 1.82) is 0 Å². The highest BCUT2D eigenvalue weighted by Crippen LogP contribution is 2.10. The standard InChI is InChI=1S/C13H24N2O4/c1-3-10(4-2)14-12(16)8-15-5-6-19-9-11(15)7-13(17)18/h10-11H,3-9H2,1-2H3,(H,14,16)(H,17,18). The van der Waals surface area contributed by atoms with Crippen LogP contribution < -0.4 is 5.32 Å². The number of carboxylic acids is 1. The molecule has 1 amide bonds. The minimum absolute atomic E-state index is 0.0122. The Kier molecular flexibility index (Phi) is 6.80. The lowest BCUT2D eigenvalue weighted by molar-refractivity contribution is -0.141. The molecule has 0 saturated carbocycles. The van der Waals surface area contributed by atoms with Crippen molar-refractivity contribution in [2.75, 3.05) is 26.3 Å². The Morgan fingerprint density at radius 2 is 2.11 bits per heavy atom. The molecule has 1 aliphatic heterocycles. The molecule has 0 bridgehead atoms. The van der Waals surface area contributed by atoms with E-state index < -0.39 is 5.97 Å². The quantitative estimate of drug-likeness (QED) is 0.704. The maximum Gasteiger partial charge on any atom is 0.305 e. The Morgan fingerprint density at radius 1 is 1.42 bits per heavy atom. The first kappa shape index (κ1) is 15.9. The van der Waals surface area contributed by atoms with Crippen LogP contribution in [-0.4, -0.2) is 60.3 Å². The van der Waals surface area contributed by atoms with Gasteiger partial charge in [0.25, 0.3) is 0 Å². The topological polar surface area (TPSA) is 78.9 Å². The van der Waals surface area contributed by atoms with E-state index in [4.69, 9.17) is 9.84 Å². The number of rotatable bonds is 7. The van der Waals surface area contributed by atoms with Crippen molar-refractivity contribution in [3.05, 3.63) is 0 Å². The van der Waals surface area contributed by atoms with E-state index in [2.05, 4.69) is 5.32 Å². The van der Waals surface area contributed by atoms with Crippen LogP contribution in [0.2, 0.25) is 0 Å². The molecule has 1 rings (SSSR count). The van der Waals surface area contributed by atoms with Crippen LogP contribution in [0, 0.1) is 0 Å². The molecule has 1 unspecified atom stereocenters. The van der Waals surface area contributed by atoms with Crippen LogP contribution in [0.15, 0.2) is 0 Å². The van der Waals surface area contributed by atoms with Gasteiger partial charge in [-0.1, -0.05) is 13.8 Å². The maximum atomic E-state index is 11.9. The molecule has 0 aromatic rings. The van der Waals surface area contributed by atoms with Crippen molar-refractivity contribution in [3.8, 4) is 0 Å². The van der Waals surface area contributed by atoms with Crippen LogP contribution in [0.25, 0.3) is 0 Å². The number of nitrogens with zero attached hydrogens (tertiary/aromatic N) is 1. The lowest BCUT2D eigenvalue weighted by atomic mass is 10.1. The fraction of sp³-hybridized carbons (Fsp3) is 0.846. The van der Waals surface area contributed by atoms with E-state index in [1.54, 1.807) is 0 Å². The summed E-state index contributed by atoms with van der Waals surface area (Å²) in [6, 6.07) is -0.00910. The second kappa shape index (κ2) is 8.12. The number of ether oxygens (including phenoxy) is 1. The number of hydrogen-bond acceptors (Lipinski definition) is 4. The lowest BCUT2D eigenvalue weighted by Gasteiger charge is -2.34. The summed E-state index contributed by atoms with van der Waals surface area (Å²) in [5, 5.41) is 11.8. The predicted molar refractivity (Wildman–Crippen MR) is 70.9 cm³/mol. The third-order valence-corrected chi connectivity index (χ3v) is 3.46. The van der Waals surface area contributed by atoms with Gasteiger partial charge in [0.1, 0.15) is 0 Å². The van der Waals surface area contributed by atoms with E-state index in [-0.39, 0.29) is 31.0 Å². The van der Waals surface area contributed by atoms with Gasteiger partial charge in [0.15, 0.2) is 0 Å². The van der Waals surface area contributed by atoms with Gasteiger partial charge in [0, 0.05) is 18.6 Å². The Hall–Kier alpha value is -1.14. The summed E-state index contributed by atoms with van der Waals surface area (Å²) < 4.78 is 5.28. The van der Waals surface area contributed by atoms with Crippen molar-refractivity contribution in [1.82, 2.24) is 10.2 Å². The highest BCUT2D eigenvalue weighted by Gasteiger charge is 2.27. The fourth-order valence-corrected chi connectivity index (χ4v) is 2.24. The Morgan fingerprint density at radius 3 is 2.68 bits per heavy atom. The number of hydrogen-bond donors (Lipinski definition) is 2. The first-order chi connectivity index (χ1) is 9.06. The van der Waals surface area contributed by atoms with E-state index in [1.807, 2.05) is 18.7 Å². The summed E-state index contributed by atoms with van der Waals surface area (Å²) in [5.74, 6) is -0.896. The zero-order valence-corrected chi connectivity index (χ0v) is 11.7. The minimum atomic E-state index is -0.860. The molecule has 110 valence electrons. The second-order valence-electron chi connectivity index (χ2n) is 4.88. The number of carbonyl (C=O) groups is 2. The Labute approximate surface area is 114 Å². The first-order valence-electron chi connectivity index (χ1n) is 6.89. The van der Waals surface area contributed by atoms with Gasteiger partial charge in [-0.25, -0.2) is 0 Å². The van der Waals surface area contributed by atoms with Crippen molar-refractivity contribution >= 4 is 11.9 Å². The SMILES string of the molecule is CCC(CC)NC(=O)CN1CCOCC1CC(=O)O. The summed E-state index contributed by atoms with van der Waals surface area (Å²) in [6.07, 6.45) is 1.83. The van der Waals surface area contributed by atoms with Gasteiger partial charge in [-0.2, -0.15) is 0 Å². The van der Waals surface area contributed by atoms with Gasteiger partial charge in [0.2, 0.25) is 5.91 Å². The number of carboxylic acid groups (broad SMARTS) is 1. The molecule has 0 aromatic heterocycles. The highest BCUT2D eigenvalue weighted by molar-refractivity contribution is 5.78. The third kappa shape index (κ3) is 5.57. The van der Waals surface area contributed by atoms with Crippen molar-refractivity contribution in [2.45, 2.75) is 45.2 Å². The smallest absolute Gasteiger partial charge is 0.305 e. The van der Waals surface area contributed by atoms with Gasteiger partial charge >= 0.3 is 5.97 Å². The fourth-order valence-electron chi connectivity index (χ4n) is 2.24. The van der Waals surface area contributed by atoms with Gasteiger partial charge in [0.05, 0.1) is 26.2 Å². The van der Waals surface area contributed by atoms with Gasteiger partial charge in [-0.3, -0.25) is 14.5 Å². The summed E-state index contributed by atoms with van der Waals surface area (Å²) in [5.41, 5.74) is 0. The summed E-state index contributed by atoms with van der Waals surface area (Å²) in [7, 11) is 0. The van der Waals surface area contributed by atoms with Crippen LogP contribution in [-0.2, 0) is 14.3 Å². The van der Waals surface area contributed by atoms with E-state index in [1.165, 1.54) is 0 Å². The highest BCUT2D eigenvalue weighted by atomic mass is 16.5. The van der Waals surface area contributed by atoms with Crippen LogP contribution in [0.3, 0.4) is 0 Å². The normalized spacial score (nSPS) is 20.5. The molecule has 0 aliphatic carbocycles. The van der Waals surface area contributed by atoms with Crippen molar-refractivity contribution < 1.29 is 19.4 Å². The summed E-state index contributed by atoms with van der Waals surface area (Å²) >= 11 is 0. The van der Waals surface area contributed by atoms with Gasteiger partial charge in [-0.05, 0) is 12.8 Å². The van der Waals surface area contributed by atoms with Crippen LogP contribution in [0.4, 0.5) is 0 Å². The minimum Gasteiger partial charge on any atom is -0.481 e. The van der Waals surface area contributed by atoms with E-state index in [0.29, 0.717) is 19.8 Å². The monoisotopic (exact) mass is 272 g/mol. The molecular formula is C13H24N2O4. The molecule has 1 fully saturated rings. The molecule has 0 spiro atoms. The molecule has 1 aliphatic rings. The van der Waals surface area contributed by atoms with Gasteiger partial charge in [-0.15, -0.1) is 0 Å². The molecule has 1 atom stereocenters. The summed E-state index contributed by atoms with van der Waals surface area (Å²) in [6.45, 7) is 5.86. The molecular weight excluding hydrogens is 248 g/mol. The first-order valence-corrected chi connectivity index (χ1v) is 6.89. The number of carbonyl (C=O) groups excluding carboxylic acids is 1. The number of amides is 1. The molecule has 1 saturated heterocycles. The van der Waals surface area contributed by atoms with Crippen LogP contribution >= 0.6 is 0 Å². The molecule has 0 aromatic carbocycles. The average Bonchev–Trinajstić information content (AvgIpc) is 2.37.